The van der Waals surface area contributed by atoms with Crippen LogP contribution in [0.5, 0.6) is 0 Å². The largest absolute Gasteiger partial charge is 0.412 e. The molecule has 0 aromatic heterocycles. The Bertz CT molecular complexity index is 192. The Balaban J connectivity index is 4.63. The second-order valence-corrected chi connectivity index (χ2v) is 6.60. The quantitative estimate of drug-likeness (QED) is 0.378. The molecule has 14 heavy (non-hydrogen) atoms. The summed E-state index contributed by atoms with van der Waals surface area (Å²) in [7, 11) is 9.57. The molecule has 0 fully saturated rings. The van der Waals surface area contributed by atoms with Gasteiger partial charge in [0.15, 0.2) is 0 Å². The van der Waals surface area contributed by atoms with Crippen LogP contribution < -0.4 is 0 Å². The van der Waals surface area contributed by atoms with Gasteiger partial charge in [0.05, 0.1) is 14.1 Å². The molecule has 0 saturated carbocycles. The highest BCUT2D eigenvalue weighted by molar-refractivity contribution is 6.21. The van der Waals surface area contributed by atoms with Crippen molar-refractivity contribution in [2.45, 2.75) is 13.3 Å². The second-order valence-electron chi connectivity index (χ2n) is 4.18. The first-order chi connectivity index (χ1) is 6.45. The molecule has 0 N–H and O–H groups in total. The molecule has 0 bridgehead atoms. The standard InChI is InChI=1S/C9H24N3OSi/c1-7-8-10-9(11(2)3)12(4,5)14-13-6/h7-8,14H2,1-6H3/q+1. The zero-order chi connectivity index (χ0) is 11.2. The van der Waals surface area contributed by atoms with Crippen LogP contribution in [0.15, 0.2) is 4.99 Å². The summed E-state index contributed by atoms with van der Waals surface area (Å²) in [4.78, 5) is 6.69. The van der Waals surface area contributed by atoms with E-state index < -0.39 is 9.92 Å². The first kappa shape index (κ1) is 13.6. The van der Waals surface area contributed by atoms with E-state index in [-0.39, 0.29) is 0 Å². The lowest BCUT2D eigenvalue weighted by Gasteiger charge is -2.33. The first-order valence-corrected chi connectivity index (χ1v) is 6.21. The number of guanidine groups is 1. The minimum absolute atomic E-state index is 0.604. The van der Waals surface area contributed by atoms with Crippen molar-refractivity contribution in [2.24, 2.45) is 4.99 Å². The molecule has 0 amide bonds. The monoisotopic (exact) mass is 218 g/mol. The van der Waals surface area contributed by atoms with Crippen LogP contribution in [0.25, 0.3) is 0 Å². The fourth-order valence-corrected chi connectivity index (χ4v) is 2.61. The van der Waals surface area contributed by atoms with E-state index in [1.54, 1.807) is 7.11 Å². The molecule has 0 atom stereocenters. The molecule has 0 aliphatic heterocycles. The Labute approximate surface area is 90.2 Å². The van der Waals surface area contributed by atoms with Gasteiger partial charge >= 0.3 is 9.92 Å². The molecular weight excluding hydrogens is 194 g/mol. The maximum absolute atomic E-state index is 5.32. The normalized spacial score (nSPS) is 14.0. The predicted octanol–water partition coefficient (Wildman–Crippen LogP) is 0.0356. The molecule has 0 aromatic carbocycles. The maximum Gasteiger partial charge on any atom is 0.412 e. The summed E-state index contributed by atoms with van der Waals surface area (Å²) in [5.41, 5.74) is 0. The molecule has 0 rings (SSSR count). The highest BCUT2D eigenvalue weighted by atomic mass is 28.2. The minimum atomic E-state index is -0.604. The molecular formula is C9H24N3OSi+. The molecule has 4 nitrogen and oxygen atoms in total. The first-order valence-electron chi connectivity index (χ1n) is 5.00. The summed E-state index contributed by atoms with van der Waals surface area (Å²) in [6.45, 7) is 3.04. The Morgan fingerprint density at radius 1 is 1.43 bits per heavy atom. The predicted molar refractivity (Wildman–Crippen MR) is 63.9 cm³/mol. The Kier molecular flexibility index (Phi) is 5.99. The van der Waals surface area contributed by atoms with Gasteiger partial charge in [0, 0.05) is 27.7 Å². The second kappa shape index (κ2) is 6.16. The Hall–Kier alpha value is -0.393. The van der Waals surface area contributed by atoms with E-state index in [1.807, 2.05) is 14.1 Å². The lowest BCUT2D eigenvalue weighted by molar-refractivity contribution is -0.692. The number of hydrogen-bond acceptors (Lipinski definition) is 2. The zero-order valence-electron chi connectivity index (χ0n) is 10.4. The number of quaternary nitrogens is 1. The van der Waals surface area contributed by atoms with Crippen LogP contribution in [0.3, 0.4) is 0 Å². The molecule has 0 aliphatic carbocycles. The molecule has 0 radical (unpaired) electrons. The summed E-state index contributed by atoms with van der Waals surface area (Å²) in [5, 5.41) is 0. The Morgan fingerprint density at radius 2 is 2.00 bits per heavy atom. The molecule has 0 aromatic rings. The fraction of sp³-hybridized carbons (Fsp3) is 0.889. The van der Waals surface area contributed by atoms with Crippen LogP contribution >= 0.6 is 0 Å². The highest BCUT2D eigenvalue weighted by Crippen LogP contribution is 2.01. The van der Waals surface area contributed by atoms with Crippen LogP contribution in [-0.4, -0.2) is 66.8 Å². The van der Waals surface area contributed by atoms with E-state index in [1.165, 1.54) is 0 Å². The van der Waals surface area contributed by atoms with E-state index in [0.717, 1.165) is 23.1 Å². The van der Waals surface area contributed by atoms with Crippen LogP contribution in [0.2, 0.25) is 0 Å². The molecule has 0 unspecified atom stereocenters. The Morgan fingerprint density at radius 3 is 2.36 bits per heavy atom. The van der Waals surface area contributed by atoms with Gasteiger partial charge < -0.3 is 13.5 Å². The highest BCUT2D eigenvalue weighted by Gasteiger charge is 2.25. The third-order valence-corrected chi connectivity index (χ3v) is 3.06. The lowest BCUT2D eigenvalue weighted by Crippen LogP contribution is -2.55. The number of nitrogens with zero attached hydrogens (tertiary/aromatic N) is 3. The third kappa shape index (κ3) is 4.21. The van der Waals surface area contributed by atoms with Crippen LogP contribution in [0.4, 0.5) is 0 Å². The molecule has 5 heteroatoms. The van der Waals surface area contributed by atoms with Crippen LogP contribution in [0, 0.1) is 0 Å². The number of rotatable bonds is 4. The van der Waals surface area contributed by atoms with Crippen LogP contribution in [-0.2, 0) is 4.43 Å². The van der Waals surface area contributed by atoms with Gasteiger partial charge in [-0.1, -0.05) is 6.92 Å². The molecule has 0 heterocycles. The van der Waals surface area contributed by atoms with E-state index in [9.17, 15) is 0 Å². The minimum Gasteiger partial charge on any atom is -0.378 e. The van der Waals surface area contributed by atoms with Crippen molar-refractivity contribution in [2.75, 3.05) is 41.8 Å². The average Bonchev–Trinajstić information content (AvgIpc) is 2.03. The van der Waals surface area contributed by atoms with Gasteiger partial charge in [-0.15, -0.1) is 0 Å². The van der Waals surface area contributed by atoms with Crippen molar-refractivity contribution in [1.29, 1.82) is 0 Å². The van der Waals surface area contributed by atoms with Crippen molar-refractivity contribution < 1.29 is 8.57 Å². The SMILES string of the molecule is CCCN=C(N(C)C)[N+](C)(C)[SiH2]OC. The number of hydrogen-bond donors (Lipinski definition) is 0. The summed E-state index contributed by atoms with van der Waals surface area (Å²) < 4.78 is 6.12. The van der Waals surface area contributed by atoms with Gasteiger partial charge in [-0.3, -0.25) is 0 Å². The van der Waals surface area contributed by atoms with E-state index in [0.29, 0.717) is 0 Å². The summed E-state index contributed by atoms with van der Waals surface area (Å²) in [5.74, 6) is 1.11. The summed E-state index contributed by atoms with van der Waals surface area (Å²) in [6.07, 6.45) is 1.09. The van der Waals surface area contributed by atoms with E-state index >= 15 is 0 Å². The average molecular weight is 218 g/mol. The van der Waals surface area contributed by atoms with Gasteiger partial charge in [0.2, 0.25) is 0 Å². The van der Waals surface area contributed by atoms with Crippen molar-refractivity contribution in [3.05, 3.63) is 0 Å². The van der Waals surface area contributed by atoms with Crippen molar-refractivity contribution in [1.82, 2.24) is 4.90 Å². The van der Waals surface area contributed by atoms with Crippen molar-refractivity contribution in [3.63, 3.8) is 0 Å². The number of aliphatic imine (C=N–C) groups is 1. The topological polar surface area (TPSA) is 24.8 Å². The van der Waals surface area contributed by atoms with Gasteiger partial charge in [0.25, 0.3) is 5.96 Å². The third-order valence-electron chi connectivity index (χ3n) is 1.87. The summed E-state index contributed by atoms with van der Waals surface area (Å²) in [6, 6.07) is 0. The van der Waals surface area contributed by atoms with Crippen molar-refractivity contribution >= 4 is 15.9 Å². The molecule has 0 spiro atoms. The maximum atomic E-state index is 5.32. The van der Waals surface area contributed by atoms with Crippen molar-refractivity contribution in [3.8, 4) is 0 Å². The van der Waals surface area contributed by atoms with Crippen LogP contribution in [0.1, 0.15) is 13.3 Å². The van der Waals surface area contributed by atoms with Gasteiger partial charge in [0.1, 0.15) is 0 Å². The van der Waals surface area contributed by atoms with Gasteiger partial charge in [-0.2, -0.15) is 0 Å². The van der Waals surface area contributed by atoms with Gasteiger partial charge in [-0.05, 0) is 6.42 Å². The fourth-order valence-electron chi connectivity index (χ4n) is 1.47. The zero-order valence-corrected chi connectivity index (χ0v) is 11.8. The molecule has 0 saturated heterocycles. The van der Waals surface area contributed by atoms with E-state index in [4.69, 9.17) is 4.43 Å². The lowest BCUT2D eigenvalue weighted by atomic mass is 10.5. The molecule has 84 valence electrons. The summed E-state index contributed by atoms with van der Waals surface area (Å²) >= 11 is 0. The molecule has 0 aliphatic rings. The smallest absolute Gasteiger partial charge is 0.378 e. The van der Waals surface area contributed by atoms with E-state index in [2.05, 4.69) is 30.9 Å². The van der Waals surface area contributed by atoms with Gasteiger partial charge in [-0.25, -0.2) is 4.99 Å².